The van der Waals surface area contributed by atoms with E-state index in [0.717, 1.165) is 9.87 Å². The fourth-order valence-corrected chi connectivity index (χ4v) is 4.66. The van der Waals surface area contributed by atoms with Crippen LogP contribution in [0.4, 0.5) is 5.69 Å². The van der Waals surface area contributed by atoms with Crippen molar-refractivity contribution in [3.05, 3.63) is 69.0 Å². The first-order valence-corrected chi connectivity index (χ1v) is 10.7. The first-order chi connectivity index (χ1) is 13.7. The molecule has 0 unspecified atom stereocenters. The molecule has 3 aromatic rings. The number of hydrogen-bond donors (Lipinski definition) is 1. The Morgan fingerprint density at radius 2 is 1.97 bits per heavy atom. The van der Waals surface area contributed by atoms with Gasteiger partial charge in [0, 0.05) is 37.9 Å². The highest BCUT2D eigenvalue weighted by Crippen LogP contribution is 2.32. The molecular weight excluding hydrogens is 414 g/mol. The average Bonchev–Trinajstić information content (AvgIpc) is 3.11. The Balaban J connectivity index is 1.74. The van der Waals surface area contributed by atoms with Crippen LogP contribution in [0.15, 0.2) is 52.3 Å². The van der Waals surface area contributed by atoms with Crippen molar-refractivity contribution in [3.8, 4) is 0 Å². The number of anilines is 1. The van der Waals surface area contributed by atoms with Gasteiger partial charge in [-0.3, -0.25) is 9.59 Å². The minimum absolute atomic E-state index is 0.0117. The van der Waals surface area contributed by atoms with Crippen LogP contribution in [-0.4, -0.2) is 44.3 Å². The van der Waals surface area contributed by atoms with E-state index in [1.165, 1.54) is 31.3 Å². The second-order valence-electron chi connectivity index (χ2n) is 6.98. The van der Waals surface area contributed by atoms with Crippen molar-refractivity contribution in [3.63, 3.8) is 0 Å². The van der Waals surface area contributed by atoms with Crippen molar-refractivity contribution >= 4 is 44.1 Å². The van der Waals surface area contributed by atoms with Crippen molar-refractivity contribution in [1.29, 1.82) is 0 Å². The summed E-state index contributed by atoms with van der Waals surface area (Å²) >= 11 is 6.11. The zero-order chi connectivity index (χ0) is 20.9. The van der Waals surface area contributed by atoms with Gasteiger partial charge in [-0.1, -0.05) is 17.7 Å². The van der Waals surface area contributed by atoms with E-state index in [9.17, 15) is 18.0 Å². The van der Waals surface area contributed by atoms with Gasteiger partial charge in [-0.2, -0.15) is 0 Å². The van der Waals surface area contributed by atoms with Crippen LogP contribution in [0.2, 0.25) is 5.02 Å². The lowest BCUT2D eigenvalue weighted by Crippen LogP contribution is -2.33. The number of nitrogens with zero attached hydrogens (tertiary/aromatic N) is 2. The molecule has 0 spiro atoms. The van der Waals surface area contributed by atoms with E-state index in [4.69, 9.17) is 11.6 Å². The normalized spacial score (nSPS) is 13.9. The predicted molar refractivity (Wildman–Crippen MR) is 112 cm³/mol. The molecule has 9 heteroatoms. The topological polar surface area (TPSA) is 90.6 Å². The second kappa shape index (κ2) is 6.98. The molecule has 1 N–H and O–H groups in total. The molecule has 1 aliphatic heterocycles. The summed E-state index contributed by atoms with van der Waals surface area (Å²) in [7, 11) is -0.623. The van der Waals surface area contributed by atoms with E-state index in [1.807, 2.05) is 0 Å². The lowest BCUT2D eigenvalue weighted by Gasteiger charge is -2.18. The number of amides is 1. The quantitative estimate of drug-likeness (QED) is 0.690. The maximum Gasteiger partial charge on any atom is 0.263 e. The number of para-hydroxylation sites is 1. The molecule has 0 atom stereocenters. The van der Waals surface area contributed by atoms with E-state index in [0.29, 0.717) is 34.6 Å². The number of pyridine rings is 1. The summed E-state index contributed by atoms with van der Waals surface area (Å²) in [5, 5.41) is 0.745. The number of nitrogens with one attached hydrogen (secondary N) is 1. The molecule has 1 aromatic heterocycles. The van der Waals surface area contributed by atoms with Crippen molar-refractivity contribution in [1.82, 2.24) is 9.29 Å². The van der Waals surface area contributed by atoms with Gasteiger partial charge in [0.15, 0.2) is 0 Å². The first-order valence-electron chi connectivity index (χ1n) is 8.89. The molecule has 2 aromatic carbocycles. The van der Waals surface area contributed by atoms with E-state index >= 15 is 0 Å². The standard InChI is InChI=1S/C20H18ClN3O4S/c1-23(2)29(27,28)13-6-7-17-12(10-13)8-9-24(17)20(26)15-11-22-18-14(19(15)25)4-3-5-16(18)21/h3-7,10-11H,8-9H2,1-2H3,(H,22,25). The van der Waals surface area contributed by atoms with Crippen LogP contribution in [0.1, 0.15) is 15.9 Å². The van der Waals surface area contributed by atoms with Crippen molar-refractivity contribution in [2.24, 2.45) is 0 Å². The second-order valence-corrected chi connectivity index (χ2v) is 9.54. The largest absolute Gasteiger partial charge is 0.359 e. The number of sulfonamides is 1. The van der Waals surface area contributed by atoms with Crippen LogP contribution in [0.5, 0.6) is 0 Å². The third kappa shape index (κ3) is 3.13. The van der Waals surface area contributed by atoms with Crippen molar-refractivity contribution in [2.45, 2.75) is 11.3 Å². The first kappa shape index (κ1) is 19.6. The number of carbonyl (C=O) groups excluding carboxylic acids is 1. The molecule has 1 aliphatic rings. The fraction of sp³-hybridized carbons (Fsp3) is 0.200. The maximum absolute atomic E-state index is 13.1. The Bertz CT molecular complexity index is 1320. The summed E-state index contributed by atoms with van der Waals surface area (Å²) in [5.41, 5.74) is 1.46. The van der Waals surface area contributed by atoms with Gasteiger partial charge in [0.2, 0.25) is 15.5 Å². The van der Waals surface area contributed by atoms with Gasteiger partial charge in [-0.05, 0) is 42.3 Å². The molecular formula is C20H18ClN3O4S. The summed E-state index contributed by atoms with van der Waals surface area (Å²) in [5.74, 6) is -0.435. The number of carbonyl (C=O) groups is 1. The van der Waals surface area contributed by atoms with Gasteiger partial charge in [-0.25, -0.2) is 12.7 Å². The highest BCUT2D eigenvalue weighted by molar-refractivity contribution is 7.89. The molecule has 7 nitrogen and oxygen atoms in total. The molecule has 4 rings (SSSR count). The molecule has 150 valence electrons. The molecule has 0 bridgehead atoms. The summed E-state index contributed by atoms with van der Waals surface area (Å²) in [6, 6.07) is 9.62. The van der Waals surface area contributed by atoms with Crippen molar-refractivity contribution in [2.75, 3.05) is 25.5 Å². The minimum Gasteiger partial charge on any atom is -0.359 e. The van der Waals surface area contributed by atoms with Crippen LogP contribution >= 0.6 is 11.6 Å². The number of aromatic nitrogens is 1. The van der Waals surface area contributed by atoms with Gasteiger partial charge < -0.3 is 9.88 Å². The van der Waals surface area contributed by atoms with E-state index in [2.05, 4.69) is 4.98 Å². The summed E-state index contributed by atoms with van der Waals surface area (Å²) < 4.78 is 25.9. The highest BCUT2D eigenvalue weighted by atomic mass is 35.5. The van der Waals surface area contributed by atoms with Crippen LogP contribution in [-0.2, 0) is 16.4 Å². The van der Waals surface area contributed by atoms with Gasteiger partial charge in [0.1, 0.15) is 5.56 Å². The average molecular weight is 432 g/mol. The summed E-state index contributed by atoms with van der Waals surface area (Å²) in [6.45, 7) is 0.368. The molecule has 2 heterocycles. The monoisotopic (exact) mass is 431 g/mol. The molecule has 0 saturated heterocycles. The minimum atomic E-state index is -3.56. The summed E-state index contributed by atoms with van der Waals surface area (Å²) in [6.07, 6.45) is 1.89. The van der Waals surface area contributed by atoms with Crippen LogP contribution in [0, 0.1) is 0 Å². The number of fused-ring (bicyclic) bond motifs is 2. The predicted octanol–water partition coefficient (Wildman–Crippen LogP) is 2.63. The number of rotatable bonds is 3. The number of benzene rings is 2. The van der Waals surface area contributed by atoms with Crippen LogP contribution in [0.3, 0.4) is 0 Å². The molecule has 0 aliphatic carbocycles. The molecule has 1 amide bonds. The van der Waals surface area contributed by atoms with Gasteiger partial charge >= 0.3 is 0 Å². The Morgan fingerprint density at radius 3 is 2.69 bits per heavy atom. The van der Waals surface area contributed by atoms with Crippen LogP contribution in [0.25, 0.3) is 10.9 Å². The summed E-state index contributed by atoms with van der Waals surface area (Å²) in [4.78, 5) is 30.5. The number of H-pyrrole nitrogens is 1. The lowest BCUT2D eigenvalue weighted by atomic mass is 10.1. The number of aromatic amines is 1. The Kier molecular flexibility index (Phi) is 4.72. The zero-order valence-corrected chi connectivity index (χ0v) is 17.3. The SMILES string of the molecule is CN(C)S(=O)(=O)c1ccc2c(c1)CCN2C(=O)c1c[nH]c2c(Cl)cccc2c1=O. The number of hydrogen-bond acceptors (Lipinski definition) is 4. The third-order valence-corrected chi connectivity index (χ3v) is 7.19. The molecule has 29 heavy (non-hydrogen) atoms. The molecule has 0 saturated carbocycles. The van der Waals surface area contributed by atoms with Crippen molar-refractivity contribution < 1.29 is 13.2 Å². The van der Waals surface area contributed by atoms with E-state index in [1.54, 1.807) is 30.3 Å². The van der Waals surface area contributed by atoms with Gasteiger partial charge in [-0.15, -0.1) is 0 Å². The van der Waals surface area contributed by atoms with Gasteiger partial charge in [0.05, 0.1) is 15.4 Å². The Labute approximate surface area is 172 Å². The van der Waals surface area contributed by atoms with E-state index < -0.39 is 21.4 Å². The number of halogens is 1. The molecule has 0 fully saturated rings. The Morgan fingerprint density at radius 1 is 1.21 bits per heavy atom. The maximum atomic E-state index is 13.1. The fourth-order valence-electron chi connectivity index (χ4n) is 3.48. The van der Waals surface area contributed by atoms with E-state index in [-0.39, 0.29) is 10.5 Å². The zero-order valence-electron chi connectivity index (χ0n) is 15.8. The van der Waals surface area contributed by atoms with Gasteiger partial charge in [0.25, 0.3) is 5.91 Å². The van der Waals surface area contributed by atoms with Crippen LogP contribution < -0.4 is 10.3 Å². The lowest BCUT2D eigenvalue weighted by molar-refractivity contribution is 0.0988. The highest BCUT2D eigenvalue weighted by Gasteiger charge is 2.29. The molecule has 0 radical (unpaired) electrons. The smallest absolute Gasteiger partial charge is 0.263 e. The third-order valence-electron chi connectivity index (χ3n) is 5.06. The Hall–Kier alpha value is -2.68.